The normalized spacial score (nSPS) is 12.3. The van der Waals surface area contributed by atoms with Gasteiger partial charge in [-0.2, -0.15) is 0 Å². The maximum atomic E-state index is 13.2. The van der Waals surface area contributed by atoms with Crippen molar-refractivity contribution in [3.63, 3.8) is 0 Å². The molecule has 1 nitrogen and oxygen atoms in total. The van der Waals surface area contributed by atoms with Crippen molar-refractivity contribution in [1.82, 2.24) is 0 Å². The van der Waals surface area contributed by atoms with E-state index in [4.69, 9.17) is 16.3 Å². The van der Waals surface area contributed by atoms with Gasteiger partial charge >= 0.3 is 0 Å². The van der Waals surface area contributed by atoms with E-state index in [1.54, 1.807) is 18.2 Å². The zero-order valence-electron chi connectivity index (χ0n) is 10.3. The van der Waals surface area contributed by atoms with Crippen molar-refractivity contribution in [2.24, 2.45) is 0 Å². The number of hydrogen-bond donors (Lipinski definition) is 0. The minimum atomic E-state index is -1.48. The molecule has 6 heteroatoms. The quantitative estimate of drug-likeness (QED) is 0.533. The molecule has 0 heterocycles. The lowest BCUT2D eigenvalue weighted by Gasteiger charge is -2.13. The van der Waals surface area contributed by atoms with Crippen LogP contribution in [0.25, 0.3) is 0 Å². The van der Waals surface area contributed by atoms with Gasteiger partial charge in [-0.3, -0.25) is 0 Å². The highest BCUT2D eigenvalue weighted by atomic mass is 79.9. The summed E-state index contributed by atoms with van der Waals surface area (Å²) in [7, 11) is 1.48. The Hall–Kier alpha value is -1.20. The molecule has 0 saturated carbocycles. The molecule has 20 heavy (non-hydrogen) atoms. The number of alkyl halides is 1. The molecule has 2 aromatic carbocycles. The van der Waals surface area contributed by atoms with Gasteiger partial charge in [0.25, 0.3) is 0 Å². The second-order valence-corrected chi connectivity index (χ2v) is 5.38. The average molecular weight is 366 g/mol. The van der Waals surface area contributed by atoms with E-state index in [-0.39, 0.29) is 5.56 Å². The lowest BCUT2D eigenvalue weighted by molar-refractivity contribution is 0.415. The zero-order chi connectivity index (χ0) is 14.9. The second-order valence-electron chi connectivity index (χ2n) is 4.06. The maximum Gasteiger partial charge on any atom is 0.194 e. The van der Waals surface area contributed by atoms with E-state index in [1.165, 1.54) is 7.11 Å². The first-order valence-corrected chi connectivity index (χ1v) is 6.85. The number of methoxy groups -OCH3 is 1. The standard InChI is InChI=1S/C14H9BrClF3O/c1-20-12-3-2-7(4-9(12)16)13(15)8-5-10(17)14(19)11(18)6-8/h2-6,13H,1H3. The molecule has 0 fully saturated rings. The Labute approximate surface area is 127 Å². The summed E-state index contributed by atoms with van der Waals surface area (Å²) in [5.74, 6) is -3.46. The van der Waals surface area contributed by atoms with Gasteiger partial charge in [0, 0.05) is 0 Å². The summed E-state index contributed by atoms with van der Waals surface area (Å²) < 4.78 is 44.4. The van der Waals surface area contributed by atoms with Gasteiger partial charge < -0.3 is 4.74 Å². The van der Waals surface area contributed by atoms with Gasteiger partial charge in [0.15, 0.2) is 17.5 Å². The minimum absolute atomic E-state index is 0.252. The molecule has 1 unspecified atom stereocenters. The van der Waals surface area contributed by atoms with Gasteiger partial charge in [-0.15, -0.1) is 0 Å². The molecule has 0 N–H and O–H groups in total. The highest BCUT2D eigenvalue weighted by Gasteiger charge is 2.17. The monoisotopic (exact) mass is 364 g/mol. The lowest BCUT2D eigenvalue weighted by atomic mass is 10.0. The highest BCUT2D eigenvalue weighted by Crippen LogP contribution is 2.36. The first-order chi connectivity index (χ1) is 9.43. The Balaban J connectivity index is 2.41. The van der Waals surface area contributed by atoms with Crippen molar-refractivity contribution in [2.75, 3.05) is 7.11 Å². The Morgan fingerprint density at radius 1 is 1.05 bits per heavy atom. The summed E-state index contributed by atoms with van der Waals surface area (Å²) in [5, 5.41) is 0.373. The summed E-state index contributed by atoms with van der Waals surface area (Å²) in [6, 6.07) is 6.83. The Morgan fingerprint density at radius 3 is 2.15 bits per heavy atom. The third kappa shape index (κ3) is 2.94. The number of hydrogen-bond acceptors (Lipinski definition) is 1. The number of rotatable bonds is 3. The van der Waals surface area contributed by atoms with Crippen molar-refractivity contribution in [3.05, 3.63) is 63.9 Å². The van der Waals surface area contributed by atoms with Crippen LogP contribution in [0.4, 0.5) is 13.2 Å². The van der Waals surface area contributed by atoms with Crippen molar-refractivity contribution >= 4 is 27.5 Å². The van der Waals surface area contributed by atoms with Crippen LogP contribution >= 0.6 is 27.5 Å². The summed E-state index contributed by atoms with van der Waals surface area (Å²) in [5.41, 5.74) is 0.920. The van der Waals surface area contributed by atoms with E-state index in [0.717, 1.165) is 12.1 Å². The molecule has 106 valence electrons. The van der Waals surface area contributed by atoms with Crippen molar-refractivity contribution in [3.8, 4) is 5.75 Å². The van der Waals surface area contributed by atoms with E-state index in [1.807, 2.05) is 0 Å². The largest absolute Gasteiger partial charge is 0.495 e. The first-order valence-electron chi connectivity index (χ1n) is 5.56. The van der Waals surface area contributed by atoms with Crippen LogP contribution in [0, 0.1) is 17.5 Å². The molecular weight excluding hydrogens is 357 g/mol. The number of benzene rings is 2. The van der Waals surface area contributed by atoms with Crippen molar-refractivity contribution in [2.45, 2.75) is 4.83 Å². The Kier molecular flexibility index (Phi) is 4.60. The van der Waals surface area contributed by atoms with Gasteiger partial charge in [-0.25, -0.2) is 13.2 Å². The van der Waals surface area contributed by atoms with Crippen LogP contribution in [0.15, 0.2) is 30.3 Å². The average Bonchev–Trinajstić information content (AvgIpc) is 2.43. The molecule has 2 aromatic rings. The zero-order valence-corrected chi connectivity index (χ0v) is 12.6. The molecule has 0 spiro atoms. The Bertz CT molecular complexity index is 625. The van der Waals surface area contributed by atoms with E-state index in [9.17, 15) is 13.2 Å². The van der Waals surface area contributed by atoms with Crippen molar-refractivity contribution in [1.29, 1.82) is 0 Å². The minimum Gasteiger partial charge on any atom is -0.495 e. The molecule has 0 aliphatic rings. The molecule has 0 radical (unpaired) electrons. The second kappa shape index (κ2) is 6.06. The van der Waals surface area contributed by atoms with E-state index < -0.39 is 22.3 Å². The molecule has 0 aliphatic heterocycles. The summed E-state index contributed by atoms with van der Waals surface area (Å²) in [4.78, 5) is -0.518. The summed E-state index contributed by atoms with van der Waals surface area (Å²) >= 11 is 9.31. The smallest absolute Gasteiger partial charge is 0.194 e. The lowest BCUT2D eigenvalue weighted by Crippen LogP contribution is -1.99. The Morgan fingerprint density at radius 2 is 1.65 bits per heavy atom. The number of halogens is 5. The fraction of sp³-hybridized carbons (Fsp3) is 0.143. The summed E-state index contributed by atoms with van der Waals surface area (Å²) in [6.07, 6.45) is 0. The van der Waals surface area contributed by atoms with E-state index >= 15 is 0 Å². The van der Waals surface area contributed by atoms with Crippen LogP contribution in [-0.4, -0.2) is 7.11 Å². The molecule has 0 saturated heterocycles. The van der Waals surface area contributed by atoms with Gasteiger partial charge in [-0.1, -0.05) is 33.6 Å². The van der Waals surface area contributed by atoms with Crippen LogP contribution in [0.2, 0.25) is 5.02 Å². The van der Waals surface area contributed by atoms with E-state index in [2.05, 4.69) is 15.9 Å². The fourth-order valence-electron chi connectivity index (χ4n) is 1.75. The first kappa shape index (κ1) is 15.2. The van der Waals surface area contributed by atoms with Gasteiger partial charge in [0.2, 0.25) is 0 Å². The van der Waals surface area contributed by atoms with Gasteiger partial charge in [0.1, 0.15) is 5.75 Å². The summed E-state index contributed by atoms with van der Waals surface area (Å²) in [6.45, 7) is 0. The highest BCUT2D eigenvalue weighted by molar-refractivity contribution is 9.09. The molecule has 0 amide bonds. The molecule has 0 aromatic heterocycles. The predicted octanol–water partition coefficient (Wildman–Crippen LogP) is 5.25. The molecule has 2 rings (SSSR count). The fourth-order valence-corrected chi connectivity index (χ4v) is 2.57. The van der Waals surface area contributed by atoms with Crippen LogP contribution in [0.3, 0.4) is 0 Å². The van der Waals surface area contributed by atoms with Crippen LogP contribution in [0.5, 0.6) is 5.75 Å². The van der Waals surface area contributed by atoms with Crippen LogP contribution < -0.4 is 4.74 Å². The van der Waals surface area contributed by atoms with Gasteiger partial charge in [0.05, 0.1) is 17.0 Å². The SMILES string of the molecule is COc1ccc(C(Br)c2cc(F)c(F)c(F)c2)cc1Cl. The van der Waals surface area contributed by atoms with Gasteiger partial charge in [-0.05, 0) is 35.4 Å². The number of ether oxygens (including phenoxy) is 1. The van der Waals surface area contributed by atoms with Crippen LogP contribution in [-0.2, 0) is 0 Å². The maximum absolute atomic E-state index is 13.2. The van der Waals surface area contributed by atoms with Crippen molar-refractivity contribution < 1.29 is 17.9 Å². The van der Waals surface area contributed by atoms with Crippen LogP contribution in [0.1, 0.15) is 16.0 Å². The molecular formula is C14H9BrClF3O. The topological polar surface area (TPSA) is 9.23 Å². The molecule has 0 bridgehead atoms. The van der Waals surface area contributed by atoms with E-state index in [0.29, 0.717) is 16.3 Å². The third-order valence-electron chi connectivity index (χ3n) is 2.77. The molecule has 1 atom stereocenters. The predicted molar refractivity (Wildman–Crippen MR) is 75.1 cm³/mol. The molecule has 0 aliphatic carbocycles. The third-order valence-corrected chi connectivity index (χ3v) is 4.12.